The molecule has 0 aliphatic carbocycles. The van der Waals surface area contributed by atoms with E-state index in [-0.39, 0.29) is 12.3 Å². The predicted molar refractivity (Wildman–Crippen MR) is 82.0 cm³/mol. The minimum atomic E-state index is -0.392. The summed E-state index contributed by atoms with van der Waals surface area (Å²) in [5, 5.41) is 0. The molecule has 100 valence electrons. The lowest BCUT2D eigenvalue weighted by molar-refractivity contribution is 0.0969. The summed E-state index contributed by atoms with van der Waals surface area (Å²) in [6.07, 6.45) is 0. The average molecular weight is 406 g/mol. The Hall–Kier alpha value is -0.790. The molecule has 2 rings (SSSR count). The molecule has 0 fully saturated rings. The van der Waals surface area contributed by atoms with Crippen LogP contribution in [0.2, 0.25) is 0 Å². The third-order valence-electron chi connectivity index (χ3n) is 2.61. The number of ketones is 1. The number of rotatable bonds is 3. The number of carbonyl (C=O) groups excluding carboxylic acids is 1. The van der Waals surface area contributed by atoms with E-state index in [2.05, 4.69) is 36.8 Å². The number of Topliss-reactive ketones (excluding diaryl/α,β-unsaturated/α-hetero) is 1. The third kappa shape index (κ3) is 3.21. The van der Waals surface area contributed by atoms with Gasteiger partial charge in [0.25, 0.3) is 0 Å². The van der Waals surface area contributed by atoms with E-state index in [1.165, 1.54) is 15.9 Å². The number of aromatic nitrogens is 2. The summed E-state index contributed by atoms with van der Waals surface area (Å²) >= 11 is 8.10. The highest BCUT2D eigenvalue weighted by molar-refractivity contribution is 9.12. The van der Waals surface area contributed by atoms with Crippen molar-refractivity contribution in [2.75, 3.05) is 0 Å². The van der Waals surface area contributed by atoms with E-state index in [0.717, 1.165) is 13.3 Å². The molecule has 0 aliphatic rings. The van der Waals surface area contributed by atoms with Crippen molar-refractivity contribution in [2.24, 2.45) is 0 Å². The molecule has 2 heterocycles. The minimum absolute atomic E-state index is 0.000278. The first-order valence-electron chi connectivity index (χ1n) is 5.41. The van der Waals surface area contributed by atoms with Crippen LogP contribution in [0.5, 0.6) is 0 Å². The zero-order valence-electron chi connectivity index (χ0n) is 10.2. The molecule has 7 heteroatoms. The van der Waals surface area contributed by atoms with Crippen molar-refractivity contribution in [2.45, 2.75) is 20.4 Å². The molecule has 0 saturated carbocycles. The quantitative estimate of drug-likeness (QED) is 0.736. The highest BCUT2D eigenvalue weighted by atomic mass is 79.9. The third-order valence-corrected chi connectivity index (χ3v) is 4.94. The molecule has 2 aromatic rings. The highest BCUT2D eigenvalue weighted by Crippen LogP contribution is 2.32. The van der Waals surface area contributed by atoms with E-state index < -0.39 is 5.69 Å². The number of carbonyl (C=O) groups is 1. The summed E-state index contributed by atoms with van der Waals surface area (Å²) in [5.41, 5.74) is 1.57. The first-order valence-corrected chi connectivity index (χ1v) is 7.82. The van der Waals surface area contributed by atoms with Crippen LogP contribution < -0.4 is 5.69 Å². The van der Waals surface area contributed by atoms with Crippen LogP contribution in [0, 0.1) is 13.8 Å². The van der Waals surface area contributed by atoms with Crippen LogP contribution in [0.3, 0.4) is 0 Å². The summed E-state index contributed by atoms with van der Waals surface area (Å²) in [6, 6.07) is 3.53. The molecule has 0 amide bonds. The van der Waals surface area contributed by atoms with E-state index >= 15 is 0 Å². The fraction of sp³-hybridized carbons (Fsp3) is 0.250. The Bertz CT molecular complexity index is 706. The average Bonchev–Trinajstić information content (AvgIpc) is 2.62. The van der Waals surface area contributed by atoms with Gasteiger partial charge in [-0.05, 0) is 57.8 Å². The Morgan fingerprint density at radius 3 is 2.58 bits per heavy atom. The Morgan fingerprint density at radius 1 is 1.37 bits per heavy atom. The molecular weight excluding hydrogens is 396 g/mol. The van der Waals surface area contributed by atoms with Gasteiger partial charge in [-0.15, -0.1) is 11.3 Å². The second-order valence-electron chi connectivity index (χ2n) is 4.07. The number of aryl methyl sites for hydroxylation is 2. The lowest BCUT2D eigenvalue weighted by atomic mass is 10.2. The van der Waals surface area contributed by atoms with Gasteiger partial charge >= 0.3 is 5.69 Å². The summed E-state index contributed by atoms with van der Waals surface area (Å²) < 4.78 is 3.01. The molecule has 0 saturated heterocycles. The monoisotopic (exact) mass is 404 g/mol. The first kappa shape index (κ1) is 14.6. The standard InChI is InChI=1S/C12H10Br2N2O2S/c1-6-3-7(2)16(12(18)15-6)5-9(17)8-4-10(13)19-11(8)14/h3-4H,5H2,1-2H3. The van der Waals surface area contributed by atoms with Crippen molar-refractivity contribution in [1.29, 1.82) is 0 Å². The molecule has 0 unspecified atom stereocenters. The summed E-state index contributed by atoms with van der Waals surface area (Å²) in [7, 11) is 0. The largest absolute Gasteiger partial charge is 0.348 e. The maximum atomic E-state index is 12.2. The van der Waals surface area contributed by atoms with Crippen LogP contribution in [0.1, 0.15) is 21.7 Å². The second-order valence-corrected chi connectivity index (χ2v) is 7.82. The molecule has 0 N–H and O–H groups in total. The molecule has 0 radical (unpaired) electrons. The molecule has 19 heavy (non-hydrogen) atoms. The van der Waals surface area contributed by atoms with Crippen molar-refractivity contribution in [1.82, 2.24) is 9.55 Å². The predicted octanol–water partition coefficient (Wildman–Crippen LogP) is 3.33. The molecular formula is C12H10Br2N2O2S. The molecule has 0 aliphatic heterocycles. The van der Waals surface area contributed by atoms with Gasteiger partial charge in [0.05, 0.1) is 14.1 Å². The van der Waals surface area contributed by atoms with Crippen molar-refractivity contribution in [3.05, 3.63) is 47.1 Å². The summed E-state index contributed by atoms with van der Waals surface area (Å²) in [5.74, 6) is -0.121. The number of thiophene rings is 1. The topological polar surface area (TPSA) is 52.0 Å². The first-order chi connectivity index (χ1) is 8.88. The fourth-order valence-electron chi connectivity index (χ4n) is 1.73. The molecule has 0 bridgehead atoms. The van der Waals surface area contributed by atoms with Crippen LogP contribution in [-0.4, -0.2) is 15.3 Å². The van der Waals surface area contributed by atoms with Gasteiger partial charge in [0.15, 0.2) is 5.78 Å². The van der Waals surface area contributed by atoms with Crippen molar-refractivity contribution >= 4 is 49.0 Å². The Morgan fingerprint density at radius 2 is 2.05 bits per heavy atom. The van der Waals surface area contributed by atoms with Crippen LogP contribution in [-0.2, 0) is 6.54 Å². The molecule has 0 spiro atoms. The van der Waals surface area contributed by atoms with Gasteiger partial charge < -0.3 is 0 Å². The molecule has 0 aromatic carbocycles. The van der Waals surface area contributed by atoms with Crippen LogP contribution in [0.4, 0.5) is 0 Å². The van der Waals surface area contributed by atoms with Gasteiger partial charge in [0, 0.05) is 17.0 Å². The van der Waals surface area contributed by atoms with E-state index in [1.54, 1.807) is 26.0 Å². The number of hydrogen-bond donors (Lipinski definition) is 0. The van der Waals surface area contributed by atoms with Crippen LogP contribution >= 0.6 is 43.2 Å². The zero-order valence-corrected chi connectivity index (χ0v) is 14.2. The van der Waals surface area contributed by atoms with Gasteiger partial charge in [0.2, 0.25) is 0 Å². The van der Waals surface area contributed by atoms with Gasteiger partial charge in [-0.1, -0.05) is 0 Å². The van der Waals surface area contributed by atoms with Gasteiger partial charge in [-0.3, -0.25) is 9.36 Å². The van der Waals surface area contributed by atoms with Crippen molar-refractivity contribution in [3.63, 3.8) is 0 Å². The van der Waals surface area contributed by atoms with Gasteiger partial charge in [-0.2, -0.15) is 4.98 Å². The molecule has 4 nitrogen and oxygen atoms in total. The lowest BCUT2D eigenvalue weighted by Gasteiger charge is -2.08. The normalized spacial score (nSPS) is 10.7. The Balaban J connectivity index is 2.35. The maximum absolute atomic E-state index is 12.2. The van der Waals surface area contributed by atoms with Crippen molar-refractivity contribution < 1.29 is 4.79 Å². The van der Waals surface area contributed by atoms with E-state index in [4.69, 9.17) is 0 Å². The smallest absolute Gasteiger partial charge is 0.292 e. The molecule has 0 atom stereocenters. The van der Waals surface area contributed by atoms with Crippen molar-refractivity contribution in [3.8, 4) is 0 Å². The van der Waals surface area contributed by atoms with Crippen LogP contribution in [0.25, 0.3) is 0 Å². The van der Waals surface area contributed by atoms with E-state index in [9.17, 15) is 9.59 Å². The lowest BCUT2D eigenvalue weighted by Crippen LogP contribution is -2.28. The summed E-state index contributed by atoms with van der Waals surface area (Å²) in [6.45, 7) is 3.55. The minimum Gasteiger partial charge on any atom is -0.292 e. The summed E-state index contributed by atoms with van der Waals surface area (Å²) in [4.78, 5) is 27.9. The number of hydrogen-bond acceptors (Lipinski definition) is 4. The van der Waals surface area contributed by atoms with Gasteiger partial charge in [0.1, 0.15) is 0 Å². The zero-order chi connectivity index (χ0) is 14.2. The fourth-order valence-corrected chi connectivity index (χ4v) is 4.58. The highest BCUT2D eigenvalue weighted by Gasteiger charge is 2.16. The van der Waals surface area contributed by atoms with Crippen LogP contribution in [0.15, 0.2) is 24.5 Å². The maximum Gasteiger partial charge on any atom is 0.348 e. The van der Waals surface area contributed by atoms with Gasteiger partial charge in [-0.25, -0.2) is 4.79 Å². The van der Waals surface area contributed by atoms with E-state index in [1.807, 2.05) is 0 Å². The SMILES string of the molecule is Cc1cc(C)n(CC(=O)c2cc(Br)sc2Br)c(=O)n1. The number of nitrogens with zero attached hydrogens (tertiary/aromatic N) is 2. The molecule has 2 aromatic heterocycles. The van der Waals surface area contributed by atoms with E-state index in [0.29, 0.717) is 11.3 Å². The number of halogens is 2. The Labute approximate surface area is 130 Å². The second kappa shape index (κ2) is 5.68. The Kier molecular flexibility index (Phi) is 4.37.